The molecule has 4 heteroatoms. The zero-order valence-corrected chi connectivity index (χ0v) is 11.3. The maximum absolute atomic E-state index is 12.0. The van der Waals surface area contributed by atoms with E-state index in [1.165, 1.54) is 0 Å². The van der Waals surface area contributed by atoms with Crippen LogP contribution in [-0.2, 0) is 6.42 Å². The number of Topliss-reactive ketones (excluding diaryl/α,β-unsaturated/α-hetero) is 1. The van der Waals surface area contributed by atoms with Crippen LogP contribution in [-0.4, -0.2) is 10.8 Å². The number of hydrogen-bond donors (Lipinski definition) is 0. The molecule has 18 heavy (non-hydrogen) atoms. The van der Waals surface area contributed by atoms with Gasteiger partial charge in [0.2, 0.25) is 0 Å². The number of hydrogen-bond acceptors (Lipinski definition) is 2. The van der Waals surface area contributed by atoms with E-state index in [2.05, 4.69) is 4.98 Å². The van der Waals surface area contributed by atoms with Crippen molar-refractivity contribution in [1.82, 2.24) is 4.98 Å². The molecule has 0 aliphatic carbocycles. The van der Waals surface area contributed by atoms with Gasteiger partial charge in [-0.2, -0.15) is 0 Å². The molecule has 1 heterocycles. The van der Waals surface area contributed by atoms with Gasteiger partial charge >= 0.3 is 0 Å². The van der Waals surface area contributed by atoms with Gasteiger partial charge in [-0.1, -0.05) is 29.3 Å². The largest absolute Gasteiger partial charge is 0.294 e. The second-order valence-corrected chi connectivity index (χ2v) is 4.85. The maximum Gasteiger partial charge on any atom is 0.168 e. The lowest BCUT2D eigenvalue weighted by Gasteiger charge is -2.03. The molecule has 0 unspecified atom stereocenters. The van der Waals surface area contributed by atoms with Crippen molar-refractivity contribution < 1.29 is 4.79 Å². The van der Waals surface area contributed by atoms with Gasteiger partial charge in [-0.05, 0) is 36.8 Å². The van der Waals surface area contributed by atoms with E-state index in [0.29, 0.717) is 22.0 Å². The van der Waals surface area contributed by atoms with E-state index in [9.17, 15) is 4.79 Å². The van der Waals surface area contributed by atoms with Crippen LogP contribution in [0.2, 0.25) is 10.0 Å². The molecule has 0 fully saturated rings. The summed E-state index contributed by atoms with van der Waals surface area (Å²) in [5.41, 5.74) is 2.34. The Bertz CT molecular complexity index is 579. The van der Waals surface area contributed by atoms with Crippen molar-refractivity contribution >= 4 is 29.0 Å². The Hall–Kier alpha value is -1.38. The maximum atomic E-state index is 12.0. The predicted octanol–water partition coefficient (Wildman–Crippen LogP) is 4.12. The summed E-state index contributed by atoms with van der Waals surface area (Å²) >= 11 is 11.7. The molecule has 2 nitrogen and oxygen atoms in total. The fourth-order valence-corrected chi connectivity index (χ4v) is 1.89. The Morgan fingerprint density at radius 2 is 1.94 bits per heavy atom. The van der Waals surface area contributed by atoms with Gasteiger partial charge in [0.05, 0.1) is 10.0 Å². The van der Waals surface area contributed by atoms with Gasteiger partial charge in [0.15, 0.2) is 5.78 Å². The molecule has 92 valence electrons. The van der Waals surface area contributed by atoms with E-state index in [-0.39, 0.29) is 5.78 Å². The molecule has 0 spiro atoms. The third-order valence-electron chi connectivity index (χ3n) is 2.58. The highest BCUT2D eigenvalue weighted by Crippen LogP contribution is 2.23. The summed E-state index contributed by atoms with van der Waals surface area (Å²) in [5, 5.41) is 0.953. The number of halogens is 2. The monoisotopic (exact) mass is 279 g/mol. The number of benzene rings is 1. The molecule has 1 aromatic heterocycles. The fraction of sp³-hybridized carbons (Fsp3) is 0.143. The fourth-order valence-electron chi connectivity index (χ4n) is 1.57. The minimum Gasteiger partial charge on any atom is -0.294 e. The van der Waals surface area contributed by atoms with Crippen molar-refractivity contribution in [2.45, 2.75) is 13.3 Å². The minimum atomic E-state index is 0.0147. The number of nitrogens with zero attached hydrogens (tertiary/aromatic N) is 1. The molecule has 0 radical (unpaired) electrons. The highest BCUT2D eigenvalue weighted by molar-refractivity contribution is 6.42. The summed E-state index contributed by atoms with van der Waals surface area (Å²) in [6, 6.07) is 8.81. The van der Waals surface area contributed by atoms with Crippen LogP contribution < -0.4 is 0 Å². The molecule has 0 N–H and O–H groups in total. The molecule has 0 amide bonds. The molecule has 0 bridgehead atoms. The van der Waals surface area contributed by atoms with Gasteiger partial charge < -0.3 is 0 Å². The van der Waals surface area contributed by atoms with Crippen molar-refractivity contribution in [3.8, 4) is 0 Å². The zero-order valence-electron chi connectivity index (χ0n) is 9.78. The van der Waals surface area contributed by atoms with E-state index in [0.717, 1.165) is 11.3 Å². The van der Waals surface area contributed by atoms with Crippen LogP contribution in [0.4, 0.5) is 0 Å². The van der Waals surface area contributed by atoms with Crippen LogP contribution in [0.5, 0.6) is 0 Å². The van der Waals surface area contributed by atoms with Gasteiger partial charge in [0.1, 0.15) is 0 Å². The molecule has 2 aromatic rings. The van der Waals surface area contributed by atoms with E-state index in [1.54, 1.807) is 30.5 Å². The lowest BCUT2D eigenvalue weighted by atomic mass is 10.0. The third kappa shape index (κ3) is 3.09. The Labute approximate surface area is 116 Å². The first-order valence-electron chi connectivity index (χ1n) is 5.46. The average Bonchev–Trinajstić information content (AvgIpc) is 2.34. The number of carbonyl (C=O) groups excluding carboxylic acids is 1. The molecule has 0 aliphatic rings. The summed E-state index contributed by atoms with van der Waals surface area (Å²) in [6.45, 7) is 1.88. The molecule has 0 saturated carbocycles. The highest BCUT2D eigenvalue weighted by atomic mass is 35.5. The van der Waals surface area contributed by atoms with Crippen LogP contribution in [0.1, 0.15) is 21.6 Å². The Morgan fingerprint density at radius 1 is 1.17 bits per heavy atom. The van der Waals surface area contributed by atoms with Crippen molar-refractivity contribution in [2.75, 3.05) is 0 Å². The summed E-state index contributed by atoms with van der Waals surface area (Å²) in [6.07, 6.45) is 1.89. The van der Waals surface area contributed by atoms with Crippen molar-refractivity contribution in [3.05, 3.63) is 63.4 Å². The standard InChI is InChI=1S/C14H11Cl2NO/c1-9-2-4-11(8-17-9)14(18)7-10-3-5-12(15)13(16)6-10/h2-6,8H,7H2,1H3. The van der Waals surface area contributed by atoms with Crippen molar-refractivity contribution in [1.29, 1.82) is 0 Å². The molecule has 2 rings (SSSR count). The number of rotatable bonds is 3. The number of aromatic nitrogens is 1. The molecule has 0 saturated heterocycles. The van der Waals surface area contributed by atoms with E-state index >= 15 is 0 Å². The van der Waals surface area contributed by atoms with Gasteiger partial charge in [0, 0.05) is 23.9 Å². The van der Waals surface area contributed by atoms with E-state index < -0.39 is 0 Å². The minimum absolute atomic E-state index is 0.0147. The summed E-state index contributed by atoms with van der Waals surface area (Å²) in [4.78, 5) is 16.1. The smallest absolute Gasteiger partial charge is 0.168 e. The van der Waals surface area contributed by atoms with Crippen LogP contribution >= 0.6 is 23.2 Å². The topological polar surface area (TPSA) is 30.0 Å². The lowest BCUT2D eigenvalue weighted by Crippen LogP contribution is -2.04. The predicted molar refractivity (Wildman–Crippen MR) is 73.5 cm³/mol. The van der Waals surface area contributed by atoms with E-state index in [4.69, 9.17) is 23.2 Å². The number of pyridine rings is 1. The average molecular weight is 280 g/mol. The SMILES string of the molecule is Cc1ccc(C(=O)Cc2ccc(Cl)c(Cl)c2)cn1. The van der Waals surface area contributed by atoms with Gasteiger partial charge in [0.25, 0.3) is 0 Å². The summed E-state index contributed by atoms with van der Waals surface area (Å²) < 4.78 is 0. The highest BCUT2D eigenvalue weighted by Gasteiger charge is 2.08. The first-order chi connectivity index (χ1) is 8.56. The summed E-state index contributed by atoms with van der Waals surface area (Å²) in [5.74, 6) is 0.0147. The van der Waals surface area contributed by atoms with Gasteiger partial charge in [-0.3, -0.25) is 9.78 Å². The molecule has 1 aromatic carbocycles. The van der Waals surface area contributed by atoms with Crippen LogP contribution in [0.15, 0.2) is 36.5 Å². The van der Waals surface area contributed by atoms with Crippen LogP contribution in [0.3, 0.4) is 0 Å². The third-order valence-corrected chi connectivity index (χ3v) is 3.32. The second-order valence-electron chi connectivity index (χ2n) is 4.04. The normalized spacial score (nSPS) is 10.4. The Morgan fingerprint density at radius 3 is 2.56 bits per heavy atom. The van der Waals surface area contributed by atoms with Crippen LogP contribution in [0.25, 0.3) is 0 Å². The molecule has 0 atom stereocenters. The number of carbonyl (C=O) groups is 1. The molecular weight excluding hydrogens is 269 g/mol. The Balaban J connectivity index is 2.16. The Kier molecular flexibility index (Phi) is 4.00. The van der Waals surface area contributed by atoms with Crippen molar-refractivity contribution in [3.63, 3.8) is 0 Å². The van der Waals surface area contributed by atoms with Gasteiger partial charge in [-0.25, -0.2) is 0 Å². The lowest BCUT2D eigenvalue weighted by molar-refractivity contribution is 0.0992. The van der Waals surface area contributed by atoms with Crippen LogP contribution in [0, 0.1) is 6.92 Å². The second kappa shape index (κ2) is 5.51. The van der Waals surface area contributed by atoms with Gasteiger partial charge in [-0.15, -0.1) is 0 Å². The first kappa shape index (κ1) is 13.1. The molecule has 0 aliphatic heterocycles. The quantitative estimate of drug-likeness (QED) is 0.791. The summed E-state index contributed by atoms with van der Waals surface area (Å²) in [7, 11) is 0. The molecular formula is C14H11Cl2NO. The number of aryl methyl sites for hydroxylation is 1. The number of ketones is 1. The van der Waals surface area contributed by atoms with Crippen molar-refractivity contribution in [2.24, 2.45) is 0 Å². The first-order valence-corrected chi connectivity index (χ1v) is 6.21. The van der Waals surface area contributed by atoms with E-state index in [1.807, 2.05) is 13.0 Å². The zero-order chi connectivity index (χ0) is 13.1.